The Morgan fingerprint density at radius 3 is 2.19 bits per heavy atom. The van der Waals surface area contributed by atoms with Gasteiger partial charge in [0, 0.05) is 12.1 Å². The Labute approximate surface area is 132 Å². The summed E-state index contributed by atoms with van der Waals surface area (Å²) in [4.78, 5) is 4.39. The van der Waals surface area contributed by atoms with Crippen molar-refractivity contribution in [3.05, 3.63) is 58.7 Å². The first-order chi connectivity index (χ1) is 9.99. The zero-order valence-corrected chi connectivity index (χ0v) is 13.8. The Kier molecular flexibility index (Phi) is 5.24. The lowest BCUT2D eigenvalue weighted by Gasteiger charge is -2.22. The van der Waals surface area contributed by atoms with Crippen LogP contribution in [0.15, 0.2) is 42.6 Å². The molecule has 0 saturated carbocycles. The third kappa shape index (κ3) is 3.98. The van der Waals surface area contributed by atoms with Crippen LogP contribution >= 0.6 is 11.6 Å². The van der Waals surface area contributed by atoms with E-state index in [1.54, 1.807) is 0 Å². The molecule has 0 amide bonds. The lowest BCUT2D eigenvalue weighted by atomic mass is 9.83. The van der Waals surface area contributed by atoms with Crippen molar-refractivity contribution < 1.29 is 4.74 Å². The monoisotopic (exact) mass is 303 g/mol. The number of rotatable bonds is 5. The molecule has 2 aromatic rings. The van der Waals surface area contributed by atoms with Gasteiger partial charge in [0.15, 0.2) is 0 Å². The first-order valence-corrected chi connectivity index (χ1v) is 7.74. The van der Waals surface area contributed by atoms with Gasteiger partial charge >= 0.3 is 0 Å². The van der Waals surface area contributed by atoms with E-state index < -0.39 is 0 Å². The van der Waals surface area contributed by atoms with Gasteiger partial charge in [-0.25, -0.2) is 4.98 Å². The van der Waals surface area contributed by atoms with Crippen LogP contribution in [0.2, 0.25) is 5.02 Å². The summed E-state index contributed by atoms with van der Waals surface area (Å²) in [6, 6.07) is 12.4. The minimum absolute atomic E-state index is 0.0656. The third-order valence-electron chi connectivity index (χ3n) is 3.36. The van der Waals surface area contributed by atoms with Crippen LogP contribution in [0.25, 0.3) is 0 Å². The highest BCUT2D eigenvalue weighted by molar-refractivity contribution is 6.31. The summed E-state index contributed by atoms with van der Waals surface area (Å²) in [5.41, 5.74) is 2.40. The fourth-order valence-corrected chi connectivity index (χ4v) is 2.76. The first-order valence-electron chi connectivity index (χ1n) is 7.36. The average Bonchev–Trinajstić information content (AvgIpc) is 2.42. The van der Waals surface area contributed by atoms with Gasteiger partial charge in [0.05, 0.1) is 6.10 Å². The molecule has 1 heterocycles. The van der Waals surface area contributed by atoms with E-state index in [1.807, 2.05) is 32.2 Å². The molecular formula is C18H22ClNO. The highest BCUT2D eigenvalue weighted by Crippen LogP contribution is 2.34. The molecule has 2 rings (SSSR count). The van der Waals surface area contributed by atoms with Crippen LogP contribution in [0.3, 0.4) is 0 Å². The molecule has 0 radical (unpaired) electrons. The molecule has 0 aliphatic carbocycles. The van der Waals surface area contributed by atoms with E-state index in [1.165, 1.54) is 5.56 Å². The van der Waals surface area contributed by atoms with Gasteiger partial charge < -0.3 is 4.74 Å². The fourth-order valence-electron chi connectivity index (χ4n) is 2.54. The van der Waals surface area contributed by atoms with Crippen molar-refractivity contribution >= 4 is 11.6 Å². The second kappa shape index (κ2) is 6.95. The van der Waals surface area contributed by atoms with Gasteiger partial charge in [-0.05, 0) is 37.0 Å². The number of hydrogen-bond donors (Lipinski definition) is 0. The molecule has 0 unspecified atom stereocenters. The fraction of sp³-hybridized carbons (Fsp3) is 0.389. The predicted molar refractivity (Wildman–Crippen MR) is 88.1 cm³/mol. The largest absolute Gasteiger partial charge is 0.474 e. The van der Waals surface area contributed by atoms with Gasteiger partial charge in [0.2, 0.25) is 5.88 Å². The maximum Gasteiger partial charge on any atom is 0.232 e. The Hall–Kier alpha value is -1.54. The molecule has 3 heteroatoms. The standard InChI is InChI=1S/C18H22ClNO/c1-12(2)17(14-8-6-5-7-9-14)15-10-16(19)18(20-11-15)21-13(3)4/h5-13,17H,1-4H3/t17-/m1/s1. The molecule has 0 N–H and O–H groups in total. The van der Waals surface area contributed by atoms with Crippen LogP contribution in [-0.2, 0) is 0 Å². The maximum absolute atomic E-state index is 6.32. The van der Waals surface area contributed by atoms with Crippen LogP contribution in [0.1, 0.15) is 44.7 Å². The number of hydrogen-bond acceptors (Lipinski definition) is 2. The van der Waals surface area contributed by atoms with Crippen LogP contribution in [0.5, 0.6) is 5.88 Å². The molecule has 112 valence electrons. The molecule has 0 aliphatic rings. The summed E-state index contributed by atoms with van der Waals surface area (Å²) in [7, 11) is 0. The van der Waals surface area contributed by atoms with E-state index in [0.29, 0.717) is 16.8 Å². The molecule has 2 nitrogen and oxygen atoms in total. The maximum atomic E-state index is 6.32. The van der Waals surface area contributed by atoms with Crippen molar-refractivity contribution in [1.29, 1.82) is 0 Å². The average molecular weight is 304 g/mol. The van der Waals surface area contributed by atoms with E-state index in [2.05, 4.69) is 43.1 Å². The number of pyridine rings is 1. The topological polar surface area (TPSA) is 22.1 Å². The zero-order valence-electron chi connectivity index (χ0n) is 13.0. The van der Waals surface area contributed by atoms with E-state index >= 15 is 0 Å². The number of nitrogens with zero attached hydrogens (tertiary/aromatic N) is 1. The molecule has 0 bridgehead atoms. The van der Waals surface area contributed by atoms with Crippen LogP contribution < -0.4 is 4.74 Å². The van der Waals surface area contributed by atoms with E-state index in [4.69, 9.17) is 16.3 Å². The third-order valence-corrected chi connectivity index (χ3v) is 3.63. The molecule has 1 aromatic carbocycles. The number of benzene rings is 1. The number of ether oxygens (including phenoxy) is 1. The summed E-state index contributed by atoms with van der Waals surface area (Å²) >= 11 is 6.32. The Bertz CT molecular complexity index is 581. The Morgan fingerprint density at radius 1 is 1.00 bits per heavy atom. The molecule has 0 spiro atoms. The SMILES string of the molecule is CC(C)Oc1ncc([C@@H](c2ccccc2)C(C)C)cc1Cl. The molecule has 0 aliphatic heterocycles. The van der Waals surface area contributed by atoms with Gasteiger partial charge in [0.25, 0.3) is 0 Å². The highest BCUT2D eigenvalue weighted by atomic mass is 35.5. The van der Waals surface area contributed by atoms with Gasteiger partial charge in [-0.3, -0.25) is 0 Å². The molecule has 0 fully saturated rings. The summed E-state index contributed by atoms with van der Waals surface area (Å²) in [5.74, 6) is 1.25. The quantitative estimate of drug-likeness (QED) is 0.746. The lowest BCUT2D eigenvalue weighted by molar-refractivity contribution is 0.232. The van der Waals surface area contributed by atoms with Gasteiger partial charge in [-0.15, -0.1) is 0 Å². The van der Waals surface area contributed by atoms with Crippen LogP contribution in [-0.4, -0.2) is 11.1 Å². The van der Waals surface area contributed by atoms with Gasteiger partial charge in [0.1, 0.15) is 5.02 Å². The summed E-state index contributed by atoms with van der Waals surface area (Å²) in [6.45, 7) is 8.35. The van der Waals surface area contributed by atoms with Crippen molar-refractivity contribution in [2.24, 2.45) is 5.92 Å². The molecular weight excluding hydrogens is 282 g/mol. The second-order valence-corrected chi connectivity index (χ2v) is 6.26. The minimum atomic E-state index is 0.0656. The van der Waals surface area contributed by atoms with Crippen LogP contribution in [0, 0.1) is 5.92 Å². The predicted octanol–water partition coefficient (Wildman–Crippen LogP) is 5.31. The van der Waals surface area contributed by atoms with Crippen molar-refractivity contribution in [2.75, 3.05) is 0 Å². The Morgan fingerprint density at radius 2 is 1.67 bits per heavy atom. The van der Waals surface area contributed by atoms with Crippen LogP contribution in [0.4, 0.5) is 0 Å². The number of halogens is 1. The van der Waals surface area contributed by atoms with Crippen molar-refractivity contribution in [2.45, 2.75) is 39.7 Å². The summed E-state index contributed by atoms with van der Waals surface area (Å²) in [6.07, 6.45) is 1.94. The van der Waals surface area contributed by atoms with E-state index in [0.717, 1.165) is 5.56 Å². The smallest absolute Gasteiger partial charge is 0.232 e. The van der Waals surface area contributed by atoms with Crippen molar-refractivity contribution in [3.8, 4) is 5.88 Å². The van der Waals surface area contributed by atoms with E-state index in [-0.39, 0.29) is 12.0 Å². The zero-order chi connectivity index (χ0) is 15.4. The lowest BCUT2D eigenvalue weighted by Crippen LogP contribution is -2.11. The van der Waals surface area contributed by atoms with E-state index in [9.17, 15) is 0 Å². The van der Waals surface area contributed by atoms with Crippen molar-refractivity contribution in [3.63, 3.8) is 0 Å². The highest BCUT2D eigenvalue weighted by Gasteiger charge is 2.20. The first kappa shape index (κ1) is 15.8. The minimum Gasteiger partial charge on any atom is -0.474 e. The van der Waals surface area contributed by atoms with Gasteiger partial charge in [-0.1, -0.05) is 55.8 Å². The molecule has 1 atom stereocenters. The summed E-state index contributed by atoms with van der Waals surface area (Å²) in [5, 5.41) is 0.572. The second-order valence-electron chi connectivity index (χ2n) is 5.85. The van der Waals surface area contributed by atoms with Gasteiger partial charge in [-0.2, -0.15) is 0 Å². The molecule has 1 aromatic heterocycles. The molecule has 21 heavy (non-hydrogen) atoms. The molecule has 0 saturated heterocycles. The Balaban J connectivity index is 2.36. The normalized spacial score (nSPS) is 12.7. The summed E-state index contributed by atoms with van der Waals surface area (Å²) < 4.78 is 5.60. The van der Waals surface area contributed by atoms with Crippen molar-refractivity contribution in [1.82, 2.24) is 4.98 Å². The number of aromatic nitrogens is 1.